The molecule has 1 aliphatic carbocycles. The number of nitrogens with zero attached hydrogens (tertiary/aromatic N) is 1. The van der Waals surface area contributed by atoms with Crippen LogP contribution in [-0.2, 0) is 0 Å². The maximum atomic E-state index is 10.6. The van der Waals surface area contributed by atoms with Gasteiger partial charge in [-0.1, -0.05) is 29.9 Å². The van der Waals surface area contributed by atoms with Crippen molar-refractivity contribution in [3.8, 4) is 5.19 Å². The van der Waals surface area contributed by atoms with Crippen LogP contribution < -0.4 is 4.74 Å². The van der Waals surface area contributed by atoms with Crippen LogP contribution in [0.3, 0.4) is 0 Å². The highest BCUT2D eigenvalue weighted by atomic mass is 35.5. The minimum Gasteiger partial charge on any atom is -0.467 e. The fraction of sp³-hybridized carbons (Fsp3) is 0.636. The van der Waals surface area contributed by atoms with E-state index < -0.39 is 0 Å². The van der Waals surface area contributed by atoms with Crippen LogP contribution in [0.5, 0.6) is 5.19 Å². The zero-order valence-electron chi connectivity index (χ0n) is 9.11. The van der Waals surface area contributed by atoms with Gasteiger partial charge in [-0.15, -0.1) is 0 Å². The van der Waals surface area contributed by atoms with Gasteiger partial charge in [-0.25, -0.2) is 0 Å². The fourth-order valence-corrected chi connectivity index (χ4v) is 2.88. The van der Waals surface area contributed by atoms with Gasteiger partial charge in [-0.3, -0.25) is 4.79 Å². The third kappa shape index (κ3) is 2.74. The standard InChI is InChI=1S/C11H14ClNO2S/c1-7-2-4-8(5-3-7)15-11-13-10(12)9(6-14)16-11/h6-8H,2-5H2,1H3. The van der Waals surface area contributed by atoms with E-state index in [2.05, 4.69) is 11.9 Å². The van der Waals surface area contributed by atoms with E-state index in [4.69, 9.17) is 16.3 Å². The Kier molecular flexibility index (Phi) is 3.82. The molecule has 88 valence electrons. The third-order valence-electron chi connectivity index (χ3n) is 2.93. The number of ether oxygens (including phenoxy) is 1. The molecular weight excluding hydrogens is 246 g/mol. The number of carbonyl (C=O) groups excluding carboxylic acids is 1. The maximum absolute atomic E-state index is 10.6. The number of rotatable bonds is 3. The van der Waals surface area contributed by atoms with Crippen LogP contribution in [0.1, 0.15) is 42.3 Å². The molecule has 0 radical (unpaired) electrons. The largest absolute Gasteiger partial charge is 0.467 e. The lowest BCUT2D eigenvalue weighted by Gasteiger charge is -2.25. The average Bonchev–Trinajstić information content (AvgIpc) is 2.62. The quantitative estimate of drug-likeness (QED) is 0.779. The molecule has 0 bridgehead atoms. The second-order valence-electron chi connectivity index (χ2n) is 4.25. The van der Waals surface area contributed by atoms with E-state index in [0.717, 1.165) is 25.0 Å². The van der Waals surface area contributed by atoms with E-state index in [1.807, 2.05) is 0 Å². The highest BCUT2D eigenvalue weighted by Gasteiger charge is 2.21. The van der Waals surface area contributed by atoms with Crippen molar-refractivity contribution >= 4 is 29.2 Å². The van der Waals surface area contributed by atoms with Crippen LogP contribution in [0.2, 0.25) is 5.15 Å². The van der Waals surface area contributed by atoms with Gasteiger partial charge in [0.2, 0.25) is 0 Å². The summed E-state index contributed by atoms with van der Waals surface area (Å²) in [7, 11) is 0. The fourth-order valence-electron chi connectivity index (χ4n) is 1.91. The van der Waals surface area contributed by atoms with Crippen LogP contribution in [0, 0.1) is 5.92 Å². The number of hydrogen-bond donors (Lipinski definition) is 0. The third-order valence-corrected chi connectivity index (χ3v) is 4.20. The predicted octanol–water partition coefficient (Wildman–Crippen LogP) is 3.57. The molecule has 0 N–H and O–H groups in total. The molecule has 0 amide bonds. The van der Waals surface area contributed by atoms with Crippen molar-refractivity contribution in [3.63, 3.8) is 0 Å². The molecule has 5 heteroatoms. The zero-order chi connectivity index (χ0) is 11.5. The lowest BCUT2D eigenvalue weighted by atomic mass is 9.89. The van der Waals surface area contributed by atoms with Gasteiger partial charge in [0, 0.05) is 0 Å². The monoisotopic (exact) mass is 259 g/mol. The van der Waals surface area contributed by atoms with E-state index in [9.17, 15) is 4.79 Å². The molecule has 0 atom stereocenters. The van der Waals surface area contributed by atoms with Gasteiger partial charge in [-0.05, 0) is 31.6 Å². The first-order chi connectivity index (χ1) is 7.69. The minimum atomic E-state index is 0.234. The first kappa shape index (κ1) is 11.9. The van der Waals surface area contributed by atoms with Gasteiger partial charge in [0.1, 0.15) is 11.0 Å². The SMILES string of the molecule is CC1CCC(Oc2nc(Cl)c(C=O)s2)CC1. The summed E-state index contributed by atoms with van der Waals surface area (Å²) < 4.78 is 5.73. The maximum Gasteiger partial charge on any atom is 0.275 e. The molecule has 0 aromatic carbocycles. The molecule has 0 spiro atoms. The molecule has 1 saturated carbocycles. The molecule has 0 saturated heterocycles. The number of carbonyl (C=O) groups is 1. The van der Waals surface area contributed by atoms with Gasteiger partial charge < -0.3 is 4.74 Å². The Morgan fingerprint density at radius 3 is 2.69 bits per heavy atom. The van der Waals surface area contributed by atoms with Crippen LogP contribution >= 0.6 is 22.9 Å². The minimum absolute atomic E-state index is 0.234. The van der Waals surface area contributed by atoms with Crippen LogP contribution in [-0.4, -0.2) is 17.4 Å². The molecular formula is C11H14ClNO2S. The van der Waals surface area contributed by atoms with E-state index in [0.29, 0.717) is 10.1 Å². The van der Waals surface area contributed by atoms with E-state index >= 15 is 0 Å². The Labute approximate surface area is 104 Å². The van der Waals surface area contributed by atoms with Crippen molar-refractivity contribution in [3.05, 3.63) is 10.0 Å². The first-order valence-corrected chi connectivity index (χ1v) is 6.66. The zero-order valence-corrected chi connectivity index (χ0v) is 10.7. The van der Waals surface area contributed by atoms with Crippen LogP contribution in [0.25, 0.3) is 0 Å². The Morgan fingerprint density at radius 2 is 2.12 bits per heavy atom. The molecule has 1 aliphatic rings. The summed E-state index contributed by atoms with van der Waals surface area (Å²) in [4.78, 5) is 15.1. The molecule has 3 nitrogen and oxygen atoms in total. The van der Waals surface area contributed by atoms with Crippen molar-refractivity contribution in [2.24, 2.45) is 5.92 Å². The van der Waals surface area contributed by atoms with Gasteiger partial charge in [0.25, 0.3) is 5.19 Å². The smallest absolute Gasteiger partial charge is 0.275 e. The summed E-state index contributed by atoms with van der Waals surface area (Å²) in [5, 5.41) is 0.769. The highest BCUT2D eigenvalue weighted by Crippen LogP contribution is 2.31. The van der Waals surface area contributed by atoms with E-state index in [-0.39, 0.29) is 11.3 Å². The molecule has 0 unspecified atom stereocenters. The Bertz CT molecular complexity index is 372. The Balaban J connectivity index is 1.95. The van der Waals surface area contributed by atoms with Gasteiger partial charge in [0.05, 0.1) is 0 Å². The number of halogens is 1. The number of hydrogen-bond acceptors (Lipinski definition) is 4. The second kappa shape index (κ2) is 5.15. The second-order valence-corrected chi connectivity index (χ2v) is 5.60. The molecule has 1 heterocycles. The van der Waals surface area contributed by atoms with Crippen LogP contribution in [0.15, 0.2) is 0 Å². The summed E-state index contributed by atoms with van der Waals surface area (Å²) >= 11 is 6.99. The average molecular weight is 260 g/mol. The first-order valence-electron chi connectivity index (χ1n) is 5.47. The van der Waals surface area contributed by atoms with Crippen molar-refractivity contribution in [1.82, 2.24) is 4.98 Å². The normalized spacial score (nSPS) is 25.4. The van der Waals surface area contributed by atoms with E-state index in [1.54, 1.807) is 0 Å². The number of aromatic nitrogens is 1. The molecule has 0 aliphatic heterocycles. The number of thiazole rings is 1. The van der Waals surface area contributed by atoms with E-state index in [1.165, 1.54) is 24.2 Å². The predicted molar refractivity (Wildman–Crippen MR) is 64.6 cm³/mol. The summed E-state index contributed by atoms with van der Waals surface area (Å²) in [6.45, 7) is 2.26. The lowest BCUT2D eigenvalue weighted by Crippen LogP contribution is -2.22. The molecule has 1 aromatic rings. The lowest BCUT2D eigenvalue weighted by molar-refractivity contribution is 0.112. The molecule has 2 rings (SSSR count). The van der Waals surface area contributed by atoms with Gasteiger partial charge >= 0.3 is 0 Å². The van der Waals surface area contributed by atoms with Crippen LogP contribution in [0.4, 0.5) is 0 Å². The van der Waals surface area contributed by atoms with Crippen molar-refractivity contribution < 1.29 is 9.53 Å². The summed E-state index contributed by atoms with van der Waals surface area (Å²) in [6, 6.07) is 0. The Hall–Kier alpha value is -0.610. The molecule has 1 fully saturated rings. The van der Waals surface area contributed by atoms with Crippen molar-refractivity contribution in [2.45, 2.75) is 38.7 Å². The summed E-state index contributed by atoms with van der Waals surface area (Å²) in [5.74, 6) is 0.797. The highest BCUT2D eigenvalue weighted by molar-refractivity contribution is 7.15. The summed E-state index contributed by atoms with van der Waals surface area (Å²) in [6.07, 6.45) is 5.48. The van der Waals surface area contributed by atoms with Crippen molar-refractivity contribution in [2.75, 3.05) is 0 Å². The topological polar surface area (TPSA) is 39.2 Å². The number of aldehydes is 1. The molecule has 1 aromatic heterocycles. The Morgan fingerprint density at radius 1 is 1.44 bits per heavy atom. The summed E-state index contributed by atoms with van der Waals surface area (Å²) in [5.41, 5.74) is 0. The van der Waals surface area contributed by atoms with Gasteiger partial charge in [0.15, 0.2) is 11.4 Å². The van der Waals surface area contributed by atoms with Crippen molar-refractivity contribution in [1.29, 1.82) is 0 Å². The van der Waals surface area contributed by atoms with Gasteiger partial charge in [-0.2, -0.15) is 4.98 Å². The molecule has 16 heavy (non-hydrogen) atoms.